The predicted octanol–water partition coefficient (Wildman–Crippen LogP) is 12.2. The van der Waals surface area contributed by atoms with E-state index in [4.69, 9.17) is 33.2 Å². The molecule has 0 rings (SSSR count). The third-order valence-electron chi connectivity index (χ3n) is 11.4. The van der Waals surface area contributed by atoms with E-state index in [1.165, 1.54) is 0 Å². The summed E-state index contributed by atoms with van der Waals surface area (Å²) in [6.45, 7) is 13.7. The molecule has 15 heteroatoms. The lowest BCUT2D eigenvalue weighted by molar-refractivity contribution is -0.152. The quantitative estimate of drug-likeness (QED) is 0.0344. The van der Waals surface area contributed by atoms with Crippen LogP contribution in [0.15, 0.2) is 0 Å². The zero-order valence-electron chi connectivity index (χ0n) is 44.4. The number of ether oxygens (including phenoxy) is 7. The summed E-state index contributed by atoms with van der Waals surface area (Å²) >= 11 is 0. The van der Waals surface area contributed by atoms with Gasteiger partial charge in [-0.05, 0) is 58.3 Å². The molecule has 0 saturated heterocycles. The Labute approximate surface area is 417 Å². The lowest BCUT2D eigenvalue weighted by Gasteiger charge is -2.24. The number of alkyl carbamates (subject to hydrolysis) is 1. The van der Waals surface area contributed by atoms with Crippen molar-refractivity contribution in [3.8, 4) is 0 Å². The average Bonchev–Trinajstić information content (AvgIpc) is 3.28. The lowest BCUT2D eigenvalue weighted by Crippen LogP contribution is -2.45. The summed E-state index contributed by atoms with van der Waals surface area (Å²) in [6, 6.07) is -1.07. The van der Waals surface area contributed by atoms with Crippen molar-refractivity contribution in [3.63, 3.8) is 0 Å². The molecule has 0 heterocycles. The average molecular weight is 984 g/mol. The normalized spacial score (nSPS) is 11.4. The highest BCUT2D eigenvalue weighted by Gasteiger charge is 2.28. The molecule has 0 fully saturated rings. The second-order valence-electron chi connectivity index (χ2n) is 19.6. The third-order valence-corrected chi connectivity index (χ3v) is 11.4. The molecule has 0 aliphatic carbocycles. The fourth-order valence-corrected chi connectivity index (χ4v) is 7.47. The number of hydrogen-bond donors (Lipinski definition) is 1. The van der Waals surface area contributed by atoms with Crippen LogP contribution in [0.2, 0.25) is 0 Å². The molecule has 0 spiro atoms. The summed E-state index contributed by atoms with van der Waals surface area (Å²) in [6.07, 6.45) is 22.2. The van der Waals surface area contributed by atoms with Gasteiger partial charge >= 0.3 is 41.9 Å². The number of carbonyl (C=O) groups is 7. The molecule has 1 N–H and O–H groups in total. The summed E-state index contributed by atoms with van der Waals surface area (Å²) in [5.41, 5.74) is -0.872. The fraction of sp³-hybridized carbons (Fsp3) is 0.870. The van der Waals surface area contributed by atoms with Crippen molar-refractivity contribution in [2.45, 2.75) is 253 Å². The molecule has 0 aromatic rings. The van der Waals surface area contributed by atoms with Crippen LogP contribution >= 0.6 is 0 Å². The fourth-order valence-electron chi connectivity index (χ4n) is 7.47. The van der Waals surface area contributed by atoms with Gasteiger partial charge in [0, 0.05) is 38.5 Å². The van der Waals surface area contributed by atoms with Crippen molar-refractivity contribution < 1.29 is 66.7 Å². The van der Waals surface area contributed by atoms with Crippen LogP contribution in [-0.4, -0.2) is 93.2 Å². The number of unbranched alkanes of at least 4 members (excludes halogenated alkanes) is 20. The smallest absolute Gasteiger partial charge is 0.408 e. The number of nitrogens with one attached hydrogen (secondary N) is 1. The van der Waals surface area contributed by atoms with Crippen molar-refractivity contribution in [1.29, 1.82) is 0 Å². The third kappa shape index (κ3) is 43.8. The summed E-state index contributed by atoms with van der Waals surface area (Å²) in [7, 11) is 0. The van der Waals surface area contributed by atoms with Crippen LogP contribution in [0, 0.1) is 11.8 Å². The van der Waals surface area contributed by atoms with Crippen LogP contribution in [-0.2, 0) is 61.9 Å². The van der Waals surface area contributed by atoms with Crippen LogP contribution < -0.4 is 5.32 Å². The Bertz CT molecular complexity index is 1210. The van der Waals surface area contributed by atoms with E-state index in [0.717, 1.165) is 154 Å². The molecule has 0 aromatic heterocycles. The Morgan fingerprint density at radius 1 is 0.348 bits per heavy atom. The highest BCUT2D eigenvalue weighted by molar-refractivity contribution is 5.77. The van der Waals surface area contributed by atoms with Gasteiger partial charge in [-0.1, -0.05) is 156 Å². The molecule has 0 bridgehead atoms. The molecular formula is C54H97NO14. The molecule has 15 nitrogen and oxygen atoms in total. The molecule has 0 aliphatic rings. The van der Waals surface area contributed by atoms with Gasteiger partial charge < -0.3 is 38.5 Å². The summed E-state index contributed by atoms with van der Waals surface area (Å²) in [5.74, 6) is -5.17. The first-order valence-corrected chi connectivity index (χ1v) is 27.0. The standard InChI is InChI=1S/C54H97NO14/c1-8-12-16-20-24-28-32-63-47(56)36-44(37-48(57)64-33-29-25-21-17-13-9-2)40-51(60)67-42-46(55-53(62)69-54(5,6)7)43-68-52(61)41-45(38-49(58)65-34-30-26-22-18-14-10-3)39-50(59)66-35-31-27-23-19-15-11-4/h44-46H,8-43H2,1-7H3,(H,55,62). The summed E-state index contributed by atoms with van der Waals surface area (Å²) in [4.78, 5) is 91.1. The van der Waals surface area contributed by atoms with Crippen LogP contribution in [0.1, 0.15) is 241 Å². The minimum absolute atomic E-state index is 0.200. The number of carbonyl (C=O) groups excluding carboxylic acids is 7. The molecule has 402 valence electrons. The number of hydrogen-bond acceptors (Lipinski definition) is 14. The Morgan fingerprint density at radius 3 is 0.826 bits per heavy atom. The molecule has 69 heavy (non-hydrogen) atoms. The van der Waals surface area contributed by atoms with Gasteiger partial charge in [-0.15, -0.1) is 0 Å². The number of esters is 6. The van der Waals surface area contributed by atoms with Crippen molar-refractivity contribution in [2.75, 3.05) is 39.6 Å². The topological polar surface area (TPSA) is 196 Å². The van der Waals surface area contributed by atoms with Crippen molar-refractivity contribution in [1.82, 2.24) is 5.32 Å². The summed E-state index contributed by atoms with van der Waals surface area (Å²) in [5, 5.41) is 2.59. The van der Waals surface area contributed by atoms with Crippen LogP contribution in [0.3, 0.4) is 0 Å². The first kappa shape index (κ1) is 65.1. The maximum atomic E-state index is 13.3. The van der Waals surface area contributed by atoms with Gasteiger partial charge in [0.2, 0.25) is 0 Å². The van der Waals surface area contributed by atoms with Crippen LogP contribution in [0.5, 0.6) is 0 Å². The molecule has 0 aliphatic heterocycles. The number of amides is 1. The van der Waals surface area contributed by atoms with E-state index in [1.54, 1.807) is 20.8 Å². The summed E-state index contributed by atoms with van der Waals surface area (Å²) < 4.78 is 38.4. The van der Waals surface area contributed by atoms with Gasteiger partial charge in [-0.3, -0.25) is 28.8 Å². The van der Waals surface area contributed by atoms with Crippen LogP contribution in [0.4, 0.5) is 4.79 Å². The predicted molar refractivity (Wildman–Crippen MR) is 267 cm³/mol. The second-order valence-corrected chi connectivity index (χ2v) is 19.6. The van der Waals surface area contributed by atoms with Gasteiger partial charge in [-0.2, -0.15) is 0 Å². The number of rotatable bonds is 45. The zero-order chi connectivity index (χ0) is 51.4. The highest BCUT2D eigenvalue weighted by atomic mass is 16.6. The van der Waals surface area contributed by atoms with Crippen molar-refractivity contribution >= 4 is 41.9 Å². The van der Waals surface area contributed by atoms with E-state index in [1.807, 2.05) is 0 Å². The maximum Gasteiger partial charge on any atom is 0.408 e. The van der Waals surface area contributed by atoms with Gasteiger partial charge in [0.15, 0.2) is 0 Å². The SMILES string of the molecule is CCCCCCCCOC(=O)CC(CC(=O)OCCCCCCCC)CC(=O)OCC(COC(=O)CC(CC(=O)OCCCCCCCC)CC(=O)OCCCCCCCC)NC(=O)OC(C)(C)C. The van der Waals surface area contributed by atoms with E-state index < -0.39 is 78.6 Å². The first-order valence-electron chi connectivity index (χ1n) is 27.0. The van der Waals surface area contributed by atoms with Gasteiger partial charge in [0.1, 0.15) is 24.9 Å². The second kappa shape index (κ2) is 44.1. The van der Waals surface area contributed by atoms with Crippen molar-refractivity contribution in [2.24, 2.45) is 11.8 Å². The lowest BCUT2D eigenvalue weighted by atomic mass is 9.97. The Balaban J connectivity index is 5.75. The van der Waals surface area contributed by atoms with E-state index in [9.17, 15) is 33.6 Å². The largest absolute Gasteiger partial charge is 0.466 e. The van der Waals surface area contributed by atoms with Gasteiger partial charge in [0.25, 0.3) is 0 Å². The van der Waals surface area contributed by atoms with E-state index >= 15 is 0 Å². The van der Waals surface area contributed by atoms with Crippen molar-refractivity contribution in [3.05, 3.63) is 0 Å². The van der Waals surface area contributed by atoms with Crippen LogP contribution in [0.25, 0.3) is 0 Å². The van der Waals surface area contributed by atoms with Gasteiger partial charge in [0.05, 0.1) is 26.4 Å². The van der Waals surface area contributed by atoms with E-state index in [2.05, 4.69) is 33.0 Å². The zero-order valence-corrected chi connectivity index (χ0v) is 44.4. The molecule has 0 saturated carbocycles. The Hall–Kier alpha value is -3.91. The molecule has 0 atom stereocenters. The van der Waals surface area contributed by atoms with Gasteiger partial charge in [-0.25, -0.2) is 4.79 Å². The molecule has 1 amide bonds. The first-order chi connectivity index (χ1) is 33.1. The minimum Gasteiger partial charge on any atom is -0.466 e. The minimum atomic E-state index is -1.07. The molecule has 0 radical (unpaired) electrons. The molecule has 0 aromatic carbocycles. The Morgan fingerprint density at radius 2 is 0.580 bits per heavy atom. The molecular weight excluding hydrogens is 887 g/mol. The highest BCUT2D eigenvalue weighted by Crippen LogP contribution is 2.20. The van der Waals surface area contributed by atoms with E-state index in [-0.39, 0.29) is 65.0 Å². The Kier molecular flexibility index (Phi) is 41.6. The maximum absolute atomic E-state index is 13.3. The van der Waals surface area contributed by atoms with E-state index in [0.29, 0.717) is 0 Å². The molecule has 0 unspecified atom stereocenters. The monoisotopic (exact) mass is 984 g/mol.